The van der Waals surface area contributed by atoms with E-state index in [9.17, 15) is 5.11 Å². The molecule has 0 heterocycles. The van der Waals surface area contributed by atoms with Crippen molar-refractivity contribution in [2.45, 2.75) is 40.0 Å². The van der Waals surface area contributed by atoms with Gasteiger partial charge in [0.1, 0.15) is 5.75 Å². The first-order valence-electron chi connectivity index (χ1n) is 9.63. The van der Waals surface area contributed by atoms with E-state index in [1.807, 2.05) is 12.1 Å². The summed E-state index contributed by atoms with van der Waals surface area (Å²) in [6.07, 6.45) is -0.508. The minimum absolute atomic E-state index is 0.366. The van der Waals surface area contributed by atoms with Gasteiger partial charge < -0.3 is 14.6 Å². The summed E-state index contributed by atoms with van der Waals surface area (Å²) in [5, 5.41) is 10.4. The largest absolute Gasteiger partial charge is 0.497 e. The van der Waals surface area contributed by atoms with Gasteiger partial charge in [0.05, 0.1) is 19.8 Å². The van der Waals surface area contributed by atoms with E-state index in [1.54, 1.807) is 7.11 Å². The normalized spacial score (nSPS) is 12.6. The molecule has 148 valence electrons. The molecule has 2 aromatic rings. The summed E-state index contributed by atoms with van der Waals surface area (Å²) >= 11 is 0. The Morgan fingerprint density at radius 1 is 0.963 bits per heavy atom. The Hall–Kier alpha value is -1.88. The van der Waals surface area contributed by atoms with Crippen molar-refractivity contribution in [1.29, 1.82) is 0 Å². The average Bonchev–Trinajstić information content (AvgIpc) is 2.62. The maximum absolute atomic E-state index is 10.4. The Kier molecular flexibility index (Phi) is 8.79. The fraction of sp³-hybridized carbons (Fsp3) is 0.478. The molecule has 2 aromatic carbocycles. The highest BCUT2D eigenvalue weighted by Crippen LogP contribution is 2.16. The van der Waals surface area contributed by atoms with E-state index in [1.165, 1.54) is 16.7 Å². The van der Waals surface area contributed by atoms with Crippen LogP contribution in [0.15, 0.2) is 48.5 Å². The maximum atomic E-state index is 10.4. The number of aryl methyl sites for hydroxylation is 1. The Morgan fingerprint density at radius 3 is 2.30 bits per heavy atom. The summed E-state index contributed by atoms with van der Waals surface area (Å²) < 4.78 is 10.9. The SMILES string of the molecule is COc1ccc(CN(Cc2cccc(C)c2)CC(O)COCC(C)C)cc1. The van der Waals surface area contributed by atoms with Crippen molar-refractivity contribution >= 4 is 0 Å². The highest BCUT2D eigenvalue weighted by atomic mass is 16.5. The number of aliphatic hydroxyl groups excluding tert-OH is 1. The van der Waals surface area contributed by atoms with Gasteiger partial charge in [-0.15, -0.1) is 0 Å². The third-order valence-corrected chi connectivity index (χ3v) is 4.28. The van der Waals surface area contributed by atoms with E-state index in [0.29, 0.717) is 25.7 Å². The van der Waals surface area contributed by atoms with Crippen LogP contribution < -0.4 is 4.74 Å². The molecule has 4 heteroatoms. The summed E-state index contributed by atoms with van der Waals surface area (Å²) in [4.78, 5) is 2.26. The molecule has 0 radical (unpaired) electrons. The number of aliphatic hydroxyl groups is 1. The zero-order chi connectivity index (χ0) is 19.6. The average molecular weight is 372 g/mol. The molecule has 0 aromatic heterocycles. The Labute approximate surface area is 163 Å². The van der Waals surface area contributed by atoms with E-state index >= 15 is 0 Å². The Balaban J connectivity index is 2.02. The summed E-state index contributed by atoms with van der Waals surface area (Å²) in [7, 11) is 1.67. The van der Waals surface area contributed by atoms with Crippen LogP contribution in [0, 0.1) is 12.8 Å². The highest BCUT2D eigenvalue weighted by Gasteiger charge is 2.14. The zero-order valence-corrected chi connectivity index (χ0v) is 17.0. The van der Waals surface area contributed by atoms with Crippen molar-refractivity contribution in [3.8, 4) is 5.75 Å². The van der Waals surface area contributed by atoms with E-state index in [4.69, 9.17) is 9.47 Å². The maximum Gasteiger partial charge on any atom is 0.118 e. The molecule has 0 bridgehead atoms. The smallest absolute Gasteiger partial charge is 0.118 e. The second-order valence-electron chi connectivity index (χ2n) is 7.59. The summed E-state index contributed by atoms with van der Waals surface area (Å²) in [5.74, 6) is 1.33. The van der Waals surface area contributed by atoms with E-state index in [0.717, 1.165) is 18.8 Å². The third kappa shape index (κ3) is 8.12. The second-order valence-corrected chi connectivity index (χ2v) is 7.59. The summed E-state index contributed by atoms with van der Waals surface area (Å²) in [6, 6.07) is 16.6. The predicted octanol–water partition coefficient (Wildman–Crippen LogP) is 4.04. The lowest BCUT2D eigenvalue weighted by molar-refractivity contribution is 0.00554. The molecule has 0 fully saturated rings. The molecule has 4 nitrogen and oxygen atoms in total. The molecule has 0 amide bonds. The van der Waals surface area contributed by atoms with Crippen LogP contribution in [0.2, 0.25) is 0 Å². The molecule has 2 rings (SSSR count). The van der Waals surface area contributed by atoms with Gasteiger partial charge in [-0.2, -0.15) is 0 Å². The monoisotopic (exact) mass is 371 g/mol. The predicted molar refractivity (Wildman–Crippen MR) is 110 cm³/mol. The van der Waals surface area contributed by atoms with Crippen molar-refractivity contribution in [1.82, 2.24) is 4.90 Å². The summed E-state index contributed by atoms with van der Waals surface area (Å²) in [5.41, 5.74) is 3.69. The molecule has 0 spiro atoms. The van der Waals surface area contributed by atoms with Crippen LogP contribution in [0.5, 0.6) is 5.75 Å². The third-order valence-electron chi connectivity index (χ3n) is 4.28. The number of nitrogens with zero attached hydrogens (tertiary/aromatic N) is 1. The molecule has 1 atom stereocenters. The number of rotatable bonds is 11. The molecular formula is C23H33NO3. The van der Waals surface area contributed by atoms with Crippen LogP contribution in [0.1, 0.15) is 30.5 Å². The quantitative estimate of drug-likeness (QED) is 0.647. The fourth-order valence-corrected chi connectivity index (χ4v) is 3.03. The van der Waals surface area contributed by atoms with Crippen LogP contribution in [0.25, 0.3) is 0 Å². The van der Waals surface area contributed by atoms with E-state index < -0.39 is 6.10 Å². The number of benzene rings is 2. The lowest BCUT2D eigenvalue weighted by atomic mass is 10.1. The Bertz CT molecular complexity index is 670. The summed E-state index contributed by atoms with van der Waals surface area (Å²) in [6.45, 7) is 9.48. The van der Waals surface area contributed by atoms with Crippen molar-refractivity contribution in [3.63, 3.8) is 0 Å². The fourth-order valence-electron chi connectivity index (χ4n) is 3.03. The van der Waals surface area contributed by atoms with Crippen molar-refractivity contribution in [2.75, 3.05) is 26.9 Å². The van der Waals surface area contributed by atoms with Crippen LogP contribution in [0.4, 0.5) is 0 Å². The second kappa shape index (κ2) is 11.1. The number of methoxy groups -OCH3 is 1. The molecular weight excluding hydrogens is 338 g/mol. The van der Waals surface area contributed by atoms with Crippen LogP contribution in [-0.2, 0) is 17.8 Å². The number of ether oxygens (including phenoxy) is 2. The molecule has 1 N–H and O–H groups in total. The standard InChI is InChI=1S/C23H33NO3/c1-18(2)16-27-17-22(25)15-24(14-21-7-5-6-19(3)12-21)13-20-8-10-23(26-4)11-9-20/h5-12,18,22,25H,13-17H2,1-4H3. The molecule has 0 saturated carbocycles. The lowest BCUT2D eigenvalue weighted by Crippen LogP contribution is -2.34. The molecule has 27 heavy (non-hydrogen) atoms. The van der Waals surface area contributed by atoms with Crippen LogP contribution in [0.3, 0.4) is 0 Å². The lowest BCUT2D eigenvalue weighted by Gasteiger charge is -2.26. The highest BCUT2D eigenvalue weighted by molar-refractivity contribution is 5.27. The topological polar surface area (TPSA) is 41.9 Å². The van der Waals surface area contributed by atoms with Gasteiger partial charge in [0.15, 0.2) is 0 Å². The number of hydrogen-bond acceptors (Lipinski definition) is 4. The molecule has 0 aliphatic carbocycles. The zero-order valence-electron chi connectivity index (χ0n) is 17.0. The first-order valence-corrected chi connectivity index (χ1v) is 9.63. The van der Waals surface area contributed by atoms with Gasteiger partial charge in [0, 0.05) is 26.2 Å². The minimum atomic E-state index is -0.508. The number of hydrogen-bond donors (Lipinski definition) is 1. The van der Waals surface area contributed by atoms with Gasteiger partial charge >= 0.3 is 0 Å². The van der Waals surface area contributed by atoms with Gasteiger partial charge in [-0.3, -0.25) is 4.90 Å². The molecule has 0 saturated heterocycles. The van der Waals surface area contributed by atoms with Gasteiger partial charge in [-0.25, -0.2) is 0 Å². The van der Waals surface area contributed by atoms with Crippen LogP contribution >= 0.6 is 0 Å². The van der Waals surface area contributed by atoms with Crippen molar-refractivity contribution in [3.05, 3.63) is 65.2 Å². The van der Waals surface area contributed by atoms with Gasteiger partial charge in [-0.05, 0) is 36.1 Å². The van der Waals surface area contributed by atoms with Crippen LogP contribution in [-0.4, -0.2) is 43.0 Å². The van der Waals surface area contributed by atoms with Crippen molar-refractivity contribution in [2.24, 2.45) is 5.92 Å². The first kappa shape index (κ1) is 21.4. The molecule has 1 unspecified atom stereocenters. The van der Waals surface area contributed by atoms with Gasteiger partial charge in [-0.1, -0.05) is 55.8 Å². The Morgan fingerprint density at radius 2 is 1.67 bits per heavy atom. The molecule has 0 aliphatic heterocycles. The van der Waals surface area contributed by atoms with E-state index in [2.05, 4.69) is 62.1 Å². The van der Waals surface area contributed by atoms with Gasteiger partial charge in [0.2, 0.25) is 0 Å². The van der Waals surface area contributed by atoms with E-state index in [-0.39, 0.29) is 0 Å². The molecule has 0 aliphatic rings. The minimum Gasteiger partial charge on any atom is -0.497 e. The van der Waals surface area contributed by atoms with Crippen molar-refractivity contribution < 1.29 is 14.6 Å². The van der Waals surface area contributed by atoms with Gasteiger partial charge in [0.25, 0.3) is 0 Å². The first-order chi connectivity index (χ1) is 13.0.